The Morgan fingerprint density at radius 2 is 1.88 bits per heavy atom. The van der Waals surface area contributed by atoms with Crippen molar-refractivity contribution in [1.29, 1.82) is 0 Å². The molecular formula is C19H20N2O4S. The van der Waals surface area contributed by atoms with Gasteiger partial charge in [-0.3, -0.25) is 9.59 Å². The predicted octanol–water partition coefficient (Wildman–Crippen LogP) is 2.33. The maximum absolute atomic E-state index is 12.5. The zero-order chi connectivity index (χ0) is 18.4. The largest absolute Gasteiger partial charge is 0.454 e. The van der Waals surface area contributed by atoms with Gasteiger partial charge in [0.2, 0.25) is 18.6 Å². The van der Waals surface area contributed by atoms with Gasteiger partial charge >= 0.3 is 0 Å². The van der Waals surface area contributed by atoms with E-state index < -0.39 is 6.04 Å². The summed E-state index contributed by atoms with van der Waals surface area (Å²) < 4.78 is 10.6. The van der Waals surface area contributed by atoms with Crippen molar-refractivity contribution in [3.8, 4) is 11.5 Å². The fraction of sp³-hybridized carbons (Fsp3) is 0.263. The average molecular weight is 372 g/mol. The van der Waals surface area contributed by atoms with Gasteiger partial charge in [-0.25, -0.2) is 0 Å². The van der Waals surface area contributed by atoms with Crippen LogP contribution in [0.5, 0.6) is 11.5 Å². The van der Waals surface area contributed by atoms with Crippen LogP contribution in [0.15, 0.2) is 53.4 Å². The third-order valence-corrected chi connectivity index (χ3v) is 4.86. The van der Waals surface area contributed by atoms with Crippen molar-refractivity contribution in [2.24, 2.45) is 0 Å². The van der Waals surface area contributed by atoms with E-state index in [0.717, 1.165) is 10.5 Å². The number of benzene rings is 2. The fourth-order valence-corrected chi connectivity index (χ4v) is 3.43. The SMILES string of the molecule is CC(=O)NC(CSc1ccccc1)C(=O)NCc1ccc2c(c1)OCO2. The molecule has 136 valence electrons. The molecule has 0 aromatic heterocycles. The number of rotatable bonds is 7. The van der Waals surface area contributed by atoms with Gasteiger partial charge < -0.3 is 20.1 Å². The first-order chi connectivity index (χ1) is 12.6. The number of hydrogen-bond donors (Lipinski definition) is 2. The minimum atomic E-state index is -0.605. The molecule has 2 N–H and O–H groups in total. The van der Waals surface area contributed by atoms with E-state index in [-0.39, 0.29) is 18.6 Å². The third kappa shape index (κ3) is 4.92. The van der Waals surface area contributed by atoms with E-state index in [1.54, 1.807) is 0 Å². The molecule has 0 bridgehead atoms. The number of nitrogens with one attached hydrogen (secondary N) is 2. The van der Waals surface area contributed by atoms with E-state index in [1.807, 2.05) is 48.5 Å². The molecule has 1 aliphatic rings. The Bertz CT molecular complexity index is 782. The van der Waals surface area contributed by atoms with Gasteiger partial charge in [0, 0.05) is 24.1 Å². The van der Waals surface area contributed by atoms with Gasteiger partial charge in [-0.15, -0.1) is 11.8 Å². The number of carbonyl (C=O) groups is 2. The second-order valence-corrected chi connectivity index (χ2v) is 6.88. The molecule has 1 heterocycles. The van der Waals surface area contributed by atoms with Crippen molar-refractivity contribution in [1.82, 2.24) is 10.6 Å². The summed E-state index contributed by atoms with van der Waals surface area (Å²) in [6, 6.07) is 14.7. The van der Waals surface area contributed by atoms with Crippen LogP contribution in [0.25, 0.3) is 0 Å². The fourth-order valence-electron chi connectivity index (χ4n) is 2.49. The maximum Gasteiger partial charge on any atom is 0.243 e. The molecule has 7 heteroatoms. The van der Waals surface area contributed by atoms with Crippen LogP contribution in [-0.4, -0.2) is 30.4 Å². The summed E-state index contributed by atoms with van der Waals surface area (Å²) >= 11 is 1.52. The number of carbonyl (C=O) groups excluding carboxylic acids is 2. The Morgan fingerprint density at radius 3 is 2.65 bits per heavy atom. The zero-order valence-electron chi connectivity index (χ0n) is 14.4. The van der Waals surface area contributed by atoms with Crippen molar-refractivity contribution in [2.75, 3.05) is 12.5 Å². The third-order valence-electron chi connectivity index (χ3n) is 3.76. The Hall–Kier alpha value is -2.67. The highest BCUT2D eigenvalue weighted by atomic mass is 32.2. The average Bonchev–Trinajstić information content (AvgIpc) is 3.11. The molecule has 1 atom stereocenters. The molecular weight excluding hydrogens is 352 g/mol. The first-order valence-corrected chi connectivity index (χ1v) is 9.21. The van der Waals surface area contributed by atoms with E-state index in [9.17, 15) is 9.59 Å². The van der Waals surface area contributed by atoms with Crippen LogP contribution < -0.4 is 20.1 Å². The van der Waals surface area contributed by atoms with Gasteiger partial charge in [-0.1, -0.05) is 24.3 Å². The molecule has 2 aromatic rings. The van der Waals surface area contributed by atoms with Crippen molar-refractivity contribution in [3.63, 3.8) is 0 Å². The highest BCUT2D eigenvalue weighted by Crippen LogP contribution is 2.32. The molecule has 0 spiro atoms. The molecule has 1 aliphatic heterocycles. The lowest BCUT2D eigenvalue weighted by Crippen LogP contribution is -2.47. The summed E-state index contributed by atoms with van der Waals surface area (Å²) in [5.74, 6) is 1.38. The molecule has 26 heavy (non-hydrogen) atoms. The molecule has 1 unspecified atom stereocenters. The predicted molar refractivity (Wildman–Crippen MR) is 99.2 cm³/mol. The molecule has 0 radical (unpaired) electrons. The molecule has 3 rings (SSSR count). The van der Waals surface area contributed by atoms with Gasteiger partial charge in [0.1, 0.15) is 6.04 Å². The molecule has 6 nitrogen and oxygen atoms in total. The van der Waals surface area contributed by atoms with Gasteiger partial charge in [0.15, 0.2) is 11.5 Å². The van der Waals surface area contributed by atoms with Crippen LogP contribution in [0.4, 0.5) is 0 Å². The summed E-state index contributed by atoms with van der Waals surface area (Å²) in [6.07, 6.45) is 0. The number of hydrogen-bond acceptors (Lipinski definition) is 5. The minimum absolute atomic E-state index is 0.215. The number of fused-ring (bicyclic) bond motifs is 1. The molecule has 2 aromatic carbocycles. The molecule has 0 fully saturated rings. The van der Waals surface area contributed by atoms with Crippen LogP contribution in [0.3, 0.4) is 0 Å². The van der Waals surface area contributed by atoms with E-state index in [0.29, 0.717) is 23.8 Å². The number of thioether (sulfide) groups is 1. The van der Waals surface area contributed by atoms with Gasteiger partial charge in [0.25, 0.3) is 0 Å². The lowest BCUT2D eigenvalue weighted by Gasteiger charge is -2.17. The highest BCUT2D eigenvalue weighted by Gasteiger charge is 2.20. The van der Waals surface area contributed by atoms with Gasteiger partial charge in [-0.2, -0.15) is 0 Å². The standard InChI is InChI=1S/C19H20N2O4S/c1-13(22)21-16(11-26-15-5-3-2-4-6-15)19(23)20-10-14-7-8-17-18(9-14)25-12-24-17/h2-9,16H,10-12H2,1H3,(H,20,23)(H,21,22). The summed E-state index contributed by atoms with van der Waals surface area (Å²) in [5, 5.41) is 5.58. The zero-order valence-corrected chi connectivity index (χ0v) is 15.2. The quantitative estimate of drug-likeness (QED) is 0.730. The Balaban J connectivity index is 1.57. The lowest BCUT2D eigenvalue weighted by molar-refractivity contribution is -0.127. The van der Waals surface area contributed by atoms with Crippen LogP contribution in [-0.2, 0) is 16.1 Å². The minimum Gasteiger partial charge on any atom is -0.454 e. The summed E-state index contributed by atoms with van der Waals surface area (Å²) in [7, 11) is 0. The second-order valence-electron chi connectivity index (χ2n) is 5.78. The molecule has 0 aliphatic carbocycles. The highest BCUT2D eigenvalue weighted by molar-refractivity contribution is 7.99. The van der Waals surface area contributed by atoms with Gasteiger partial charge in [-0.05, 0) is 29.8 Å². The van der Waals surface area contributed by atoms with E-state index in [2.05, 4.69) is 10.6 Å². The van der Waals surface area contributed by atoms with E-state index in [1.165, 1.54) is 18.7 Å². The van der Waals surface area contributed by atoms with Crippen LogP contribution in [0, 0.1) is 0 Å². The molecule has 2 amide bonds. The summed E-state index contributed by atoms with van der Waals surface area (Å²) in [6.45, 7) is 1.97. The molecule has 0 saturated carbocycles. The van der Waals surface area contributed by atoms with Gasteiger partial charge in [0.05, 0.1) is 0 Å². The smallest absolute Gasteiger partial charge is 0.243 e. The van der Waals surface area contributed by atoms with Crippen molar-refractivity contribution >= 4 is 23.6 Å². The topological polar surface area (TPSA) is 76.7 Å². The van der Waals surface area contributed by atoms with Crippen LogP contribution >= 0.6 is 11.8 Å². The Kier molecular flexibility index (Phi) is 6.01. The first-order valence-electron chi connectivity index (χ1n) is 8.23. The Labute approximate surface area is 156 Å². The number of amides is 2. The van der Waals surface area contributed by atoms with Crippen LogP contribution in [0.2, 0.25) is 0 Å². The first kappa shape index (κ1) is 18.1. The maximum atomic E-state index is 12.5. The Morgan fingerprint density at radius 1 is 1.12 bits per heavy atom. The normalized spacial score (nSPS) is 13.1. The summed E-state index contributed by atoms with van der Waals surface area (Å²) in [4.78, 5) is 25.0. The van der Waals surface area contributed by atoms with E-state index in [4.69, 9.17) is 9.47 Å². The van der Waals surface area contributed by atoms with Crippen molar-refractivity contribution < 1.29 is 19.1 Å². The van der Waals surface area contributed by atoms with E-state index >= 15 is 0 Å². The second kappa shape index (κ2) is 8.62. The van der Waals surface area contributed by atoms with Crippen molar-refractivity contribution in [2.45, 2.75) is 24.4 Å². The lowest BCUT2D eigenvalue weighted by atomic mass is 10.2. The molecule has 0 saturated heterocycles. The summed E-state index contributed by atoms with van der Waals surface area (Å²) in [5.41, 5.74) is 0.903. The van der Waals surface area contributed by atoms with Crippen molar-refractivity contribution in [3.05, 3.63) is 54.1 Å². The number of ether oxygens (including phenoxy) is 2. The van der Waals surface area contributed by atoms with Crippen LogP contribution in [0.1, 0.15) is 12.5 Å². The monoisotopic (exact) mass is 372 g/mol.